The lowest BCUT2D eigenvalue weighted by molar-refractivity contribution is 0.0666. The Morgan fingerprint density at radius 1 is 1.18 bits per heavy atom. The van der Waals surface area contributed by atoms with Gasteiger partial charge in [0.1, 0.15) is 0 Å². The van der Waals surface area contributed by atoms with Gasteiger partial charge in [0, 0.05) is 13.2 Å². The van der Waals surface area contributed by atoms with Crippen LogP contribution in [0.15, 0.2) is 30.3 Å². The number of unbranched alkanes of at least 4 members (excludes halogenated alkanes) is 2. The van der Waals surface area contributed by atoms with Crippen LogP contribution in [-0.2, 0) is 4.74 Å². The zero-order valence-electron chi connectivity index (χ0n) is 11.3. The van der Waals surface area contributed by atoms with Crippen LogP contribution in [0, 0.1) is 0 Å². The number of methoxy groups -OCH3 is 1. The Morgan fingerprint density at radius 2 is 1.88 bits per heavy atom. The van der Waals surface area contributed by atoms with E-state index in [1.807, 2.05) is 13.1 Å². The Balaban J connectivity index is 2.63. The summed E-state index contributed by atoms with van der Waals surface area (Å²) >= 11 is 0. The van der Waals surface area contributed by atoms with Crippen LogP contribution in [0.3, 0.4) is 0 Å². The van der Waals surface area contributed by atoms with Crippen molar-refractivity contribution in [1.82, 2.24) is 5.32 Å². The second-order valence-corrected chi connectivity index (χ2v) is 4.46. The average molecular weight is 235 g/mol. The minimum absolute atomic E-state index is 0.151. The molecule has 0 aliphatic rings. The topological polar surface area (TPSA) is 21.3 Å². The Bertz CT molecular complexity index is 286. The van der Waals surface area contributed by atoms with Crippen molar-refractivity contribution in [2.45, 2.75) is 44.8 Å². The van der Waals surface area contributed by atoms with Gasteiger partial charge in [-0.15, -0.1) is 0 Å². The molecular weight excluding hydrogens is 210 g/mol. The molecule has 2 unspecified atom stereocenters. The Kier molecular flexibility index (Phi) is 6.90. The van der Waals surface area contributed by atoms with Gasteiger partial charge in [-0.25, -0.2) is 0 Å². The molecule has 0 aliphatic carbocycles. The lowest BCUT2D eigenvalue weighted by atomic mass is 9.97. The molecule has 1 aromatic carbocycles. The molecule has 0 heterocycles. The second-order valence-electron chi connectivity index (χ2n) is 4.46. The summed E-state index contributed by atoms with van der Waals surface area (Å²) in [5.74, 6) is 0. The summed E-state index contributed by atoms with van der Waals surface area (Å²) in [5.41, 5.74) is 1.26. The minimum atomic E-state index is 0.151. The zero-order valence-corrected chi connectivity index (χ0v) is 11.3. The van der Waals surface area contributed by atoms with Crippen molar-refractivity contribution in [3.8, 4) is 0 Å². The number of nitrogens with one attached hydrogen (secondary N) is 1. The molecule has 0 amide bonds. The Labute approximate surface area is 105 Å². The van der Waals surface area contributed by atoms with Crippen LogP contribution in [0.25, 0.3) is 0 Å². The molecule has 1 rings (SSSR count). The monoisotopic (exact) mass is 235 g/mol. The van der Waals surface area contributed by atoms with E-state index in [9.17, 15) is 0 Å². The molecule has 2 heteroatoms. The third-order valence-electron chi connectivity index (χ3n) is 3.24. The predicted octanol–water partition coefficient (Wildman–Crippen LogP) is 3.54. The number of likely N-dealkylation sites (N-methyl/N-ethyl adjacent to an activating group) is 1. The summed E-state index contributed by atoms with van der Waals surface area (Å²) in [6.07, 6.45) is 5.13. The van der Waals surface area contributed by atoms with E-state index in [-0.39, 0.29) is 6.10 Å². The summed E-state index contributed by atoms with van der Waals surface area (Å²) in [6, 6.07) is 10.9. The Hall–Kier alpha value is -0.860. The molecule has 0 fully saturated rings. The Morgan fingerprint density at radius 3 is 2.41 bits per heavy atom. The van der Waals surface area contributed by atoms with Crippen molar-refractivity contribution in [2.24, 2.45) is 0 Å². The average Bonchev–Trinajstić information content (AvgIpc) is 2.39. The van der Waals surface area contributed by atoms with Crippen LogP contribution in [0.1, 0.15) is 44.3 Å². The molecule has 0 radical (unpaired) electrons. The van der Waals surface area contributed by atoms with Crippen molar-refractivity contribution in [1.29, 1.82) is 0 Å². The van der Waals surface area contributed by atoms with E-state index in [4.69, 9.17) is 4.74 Å². The molecular formula is C15H25NO. The summed E-state index contributed by atoms with van der Waals surface area (Å²) in [4.78, 5) is 0. The molecule has 0 aliphatic heterocycles. The van der Waals surface area contributed by atoms with Crippen molar-refractivity contribution < 1.29 is 4.74 Å². The maximum atomic E-state index is 5.66. The lowest BCUT2D eigenvalue weighted by Crippen LogP contribution is -2.33. The van der Waals surface area contributed by atoms with Crippen molar-refractivity contribution in [2.75, 3.05) is 14.2 Å². The summed E-state index contributed by atoms with van der Waals surface area (Å²) in [6.45, 7) is 2.24. The molecule has 17 heavy (non-hydrogen) atoms. The molecule has 0 saturated heterocycles. The van der Waals surface area contributed by atoms with E-state index in [1.165, 1.54) is 24.8 Å². The van der Waals surface area contributed by atoms with Crippen molar-refractivity contribution in [3.05, 3.63) is 35.9 Å². The second kappa shape index (κ2) is 8.26. The summed E-state index contributed by atoms with van der Waals surface area (Å²) in [7, 11) is 3.81. The third kappa shape index (κ3) is 4.49. The van der Waals surface area contributed by atoms with Gasteiger partial charge in [0.25, 0.3) is 0 Å². The molecule has 0 saturated carbocycles. The third-order valence-corrected chi connectivity index (χ3v) is 3.24. The normalized spacial score (nSPS) is 14.5. The predicted molar refractivity (Wildman–Crippen MR) is 73.2 cm³/mol. The summed E-state index contributed by atoms with van der Waals surface area (Å²) in [5, 5.41) is 3.39. The molecule has 1 aromatic rings. The fraction of sp³-hybridized carbons (Fsp3) is 0.600. The lowest BCUT2D eigenvalue weighted by Gasteiger charge is -2.26. The highest BCUT2D eigenvalue weighted by atomic mass is 16.5. The van der Waals surface area contributed by atoms with Crippen molar-refractivity contribution >= 4 is 0 Å². The van der Waals surface area contributed by atoms with Gasteiger partial charge in [-0.05, 0) is 19.0 Å². The first kappa shape index (κ1) is 14.2. The zero-order chi connectivity index (χ0) is 12.5. The first-order valence-electron chi connectivity index (χ1n) is 6.58. The molecule has 1 N–H and O–H groups in total. The SMILES string of the molecule is CCCCCC(NC)C(OC)c1ccccc1. The van der Waals surface area contributed by atoms with Gasteiger partial charge in [-0.3, -0.25) is 0 Å². The first-order valence-corrected chi connectivity index (χ1v) is 6.58. The molecule has 2 atom stereocenters. The minimum Gasteiger partial charge on any atom is -0.375 e. The number of hydrogen-bond acceptors (Lipinski definition) is 2. The highest BCUT2D eigenvalue weighted by molar-refractivity contribution is 5.19. The molecule has 96 valence electrons. The van der Waals surface area contributed by atoms with Crippen LogP contribution >= 0.6 is 0 Å². The summed E-state index contributed by atoms with van der Waals surface area (Å²) < 4.78 is 5.66. The quantitative estimate of drug-likeness (QED) is 0.696. The van der Waals surface area contributed by atoms with Gasteiger partial charge in [0.2, 0.25) is 0 Å². The highest BCUT2D eigenvalue weighted by Gasteiger charge is 2.20. The largest absolute Gasteiger partial charge is 0.375 e. The number of ether oxygens (including phenoxy) is 1. The highest BCUT2D eigenvalue weighted by Crippen LogP contribution is 2.23. The van der Waals surface area contributed by atoms with E-state index in [0.717, 1.165) is 6.42 Å². The smallest absolute Gasteiger partial charge is 0.0973 e. The van der Waals surface area contributed by atoms with Crippen LogP contribution in [0.4, 0.5) is 0 Å². The van der Waals surface area contributed by atoms with Gasteiger partial charge >= 0.3 is 0 Å². The van der Waals surface area contributed by atoms with Gasteiger partial charge < -0.3 is 10.1 Å². The van der Waals surface area contributed by atoms with Gasteiger partial charge in [0.15, 0.2) is 0 Å². The van der Waals surface area contributed by atoms with E-state index >= 15 is 0 Å². The molecule has 0 bridgehead atoms. The first-order chi connectivity index (χ1) is 8.33. The molecule has 0 aromatic heterocycles. The van der Waals surface area contributed by atoms with E-state index in [1.54, 1.807) is 7.11 Å². The van der Waals surface area contributed by atoms with E-state index < -0.39 is 0 Å². The fourth-order valence-electron chi connectivity index (χ4n) is 2.24. The number of hydrogen-bond donors (Lipinski definition) is 1. The number of rotatable bonds is 8. The maximum Gasteiger partial charge on any atom is 0.0973 e. The van der Waals surface area contributed by atoms with Crippen molar-refractivity contribution in [3.63, 3.8) is 0 Å². The van der Waals surface area contributed by atoms with Crippen LogP contribution < -0.4 is 5.32 Å². The standard InChI is InChI=1S/C15H25NO/c1-4-5-7-12-14(16-2)15(17-3)13-10-8-6-9-11-13/h6,8-11,14-16H,4-5,7,12H2,1-3H3. The van der Waals surface area contributed by atoms with Crippen LogP contribution in [-0.4, -0.2) is 20.2 Å². The van der Waals surface area contributed by atoms with Gasteiger partial charge in [0.05, 0.1) is 6.10 Å². The van der Waals surface area contributed by atoms with E-state index in [2.05, 4.69) is 36.5 Å². The van der Waals surface area contributed by atoms with Crippen LogP contribution in [0.2, 0.25) is 0 Å². The fourth-order valence-corrected chi connectivity index (χ4v) is 2.24. The van der Waals surface area contributed by atoms with Gasteiger partial charge in [-0.2, -0.15) is 0 Å². The maximum absolute atomic E-state index is 5.66. The van der Waals surface area contributed by atoms with Gasteiger partial charge in [-0.1, -0.05) is 56.5 Å². The molecule has 0 spiro atoms. The molecule has 2 nitrogen and oxygen atoms in total. The number of benzene rings is 1. The van der Waals surface area contributed by atoms with Crippen LogP contribution in [0.5, 0.6) is 0 Å². The van der Waals surface area contributed by atoms with E-state index in [0.29, 0.717) is 6.04 Å².